The normalized spacial score (nSPS) is 22.0. The second-order valence-corrected chi connectivity index (χ2v) is 9.31. The van der Waals surface area contributed by atoms with E-state index in [0.717, 1.165) is 11.6 Å². The molecule has 1 fully saturated rings. The van der Waals surface area contributed by atoms with Crippen LogP contribution in [-0.4, -0.2) is 55.5 Å². The molecular weight excluding hydrogens is 549 g/mol. The molecule has 1 aliphatic carbocycles. The van der Waals surface area contributed by atoms with Crippen molar-refractivity contribution in [1.29, 1.82) is 0 Å². The molecule has 3 atom stereocenters. The molecule has 41 heavy (non-hydrogen) atoms. The number of ether oxygens (including phenoxy) is 4. The predicted molar refractivity (Wildman–Crippen MR) is 137 cm³/mol. The first-order valence-corrected chi connectivity index (χ1v) is 12.8. The van der Waals surface area contributed by atoms with Gasteiger partial charge in [0.2, 0.25) is 0 Å². The lowest BCUT2D eigenvalue weighted by atomic mass is 9.74. The number of epoxide rings is 1. The molecule has 0 bridgehead atoms. The second kappa shape index (κ2) is 12.4. The van der Waals surface area contributed by atoms with Crippen LogP contribution in [0.5, 0.6) is 5.75 Å². The van der Waals surface area contributed by atoms with Crippen LogP contribution in [0.4, 0.5) is 13.2 Å². The zero-order valence-electron chi connectivity index (χ0n) is 22.2. The molecule has 1 aromatic carbocycles. The summed E-state index contributed by atoms with van der Waals surface area (Å²) in [5.41, 5.74) is -2.16. The van der Waals surface area contributed by atoms with E-state index in [0.29, 0.717) is 19.0 Å². The summed E-state index contributed by atoms with van der Waals surface area (Å²) in [6.45, 7) is 3.32. The number of allylic oxidation sites excluding steroid dienone is 7. The number of halogens is 3. The Morgan fingerprint density at radius 1 is 1.27 bits per heavy atom. The number of nitrogens with zero attached hydrogens (tertiary/aromatic N) is 1. The van der Waals surface area contributed by atoms with Gasteiger partial charge in [0.1, 0.15) is 35.7 Å². The number of rotatable bonds is 11. The Morgan fingerprint density at radius 3 is 2.63 bits per heavy atom. The van der Waals surface area contributed by atoms with Crippen molar-refractivity contribution in [2.75, 3.05) is 26.4 Å². The van der Waals surface area contributed by atoms with Crippen LogP contribution in [0.3, 0.4) is 0 Å². The monoisotopic (exact) mass is 576 g/mol. The molecule has 2 heterocycles. The van der Waals surface area contributed by atoms with Crippen LogP contribution >= 0.6 is 0 Å². The van der Waals surface area contributed by atoms with Crippen LogP contribution in [0, 0.1) is 22.0 Å². The molecule has 1 N–H and O–H groups in total. The molecule has 1 saturated heterocycles. The second-order valence-electron chi connectivity index (χ2n) is 9.31. The fourth-order valence-corrected chi connectivity index (χ4v) is 4.70. The zero-order chi connectivity index (χ0) is 29.7. The molecule has 0 saturated carbocycles. The van der Waals surface area contributed by atoms with Gasteiger partial charge in [-0.3, -0.25) is 10.1 Å². The molecule has 0 aromatic heterocycles. The number of hydrogen-bond acceptors (Lipinski definition) is 9. The van der Waals surface area contributed by atoms with Crippen LogP contribution in [-0.2, 0) is 30.2 Å². The van der Waals surface area contributed by atoms with Crippen LogP contribution < -0.4 is 10.1 Å². The van der Waals surface area contributed by atoms with Gasteiger partial charge in [0, 0.05) is 24.1 Å². The number of dihydropyridines is 1. The molecule has 13 heteroatoms. The van der Waals surface area contributed by atoms with E-state index in [9.17, 15) is 32.9 Å². The lowest BCUT2D eigenvalue weighted by molar-refractivity contribution is -0.421. The van der Waals surface area contributed by atoms with Gasteiger partial charge in [-0.25, -0.2) is 9.59 Å². The highest BCUT2D eigenvalue weighted by atomic mass is 19.4. The van der Waals surface area contributed by atoms with Gasteiger partial charge in [-0.2, -0.15) is 13.2 Å². The van der Waals surface area contributed by atoms with E-state index in [2.05, 4.69) is 5.32 Å². The molecular formula is C28H27F3N2O8. The Morgan fingerprint density at radius 2 is 2.00 bits per heavy atom. The highest BCUT2D eigenvalue weighted by Gasteiger charge is 2.49. The average molecular weight is 577 g/mol. The quantitative estimate of drug-likeness (QED) is 0.137. The number of carbonyl (C=O) groups excluding carboxylic acids is 2. The van der Waals surface area contributed by atoms with Gasteiger partial charge in [-0.15, -0.1) is 0 Å². The molecule has 10 nitrogen and oxygen atoms in total. The summed E-state index contributed by atoms with van der Waals surface area (Å²) in [7, 11) is 0. The molecule has 0 radical (unpaired) electrons. The van der Waals surface area contributed by atoms with E-state index < -0.39 is 51.6 Å². The van der Waals surface area contributed by atoms with Crippen LogP contribution in [0.15, 0.2) is 76.5 Å². The Kier molecular flexibility index (Phi) is 8.99. The van der Waals surface area contributed by atoms with E-state index in [-0.39, 0.29) is 37.0 Å². The van der Waals surface area contributed by atoms with E-state index in [1.54, 1.807) is 24.3 Å². The lowest BCUT2D eigenvalue weighted by Gasteiger charge is -2.35. The number of nitrogens with one attached hydrogen (secondary N) is 1. The minimum atomic E-state index is -4.93. The Balaban J connectivity index is 1.64. The van der Waals surface area contributed by atoms with E-state index in [4.69, 9.17) is 18.9 Å². The van der Waals surface area contributed by atoms with Crippen molar-refractivity contribution in [3.8, 4) is 5.75 Å². The van der Waals surface area contributed by atoms with Gasteiger partial charge in [0.05, 0.1) is 36.2 Å². The van der Waals surface area contributed by atoms with E-state index in [1.165, 1.54) is 31.9 Å². The largest absolute Gasteiger partial charge is 0.495 e. The van der Waals surface area contributed by atoms with Crippen molar-refractivity contribution in [3.63, 3.8) is 0 Å². The van der Waals surface area contributed by atoms with E-state index >= 15 is 0 Å². The fourth-order valence-electron chi connectivity index (χ4n) is 4.70. The first kappa shape index (κ1) is 29.6. The van der Waals surface area contributed by atoms with Crippen molar-refractivity contribution in [2.24, 2.45) is 11.8 Å². The van der Waals surface area contributed by atoms with Gasteiger partial charge in [0.25, 0.3) is 5.70 Å². The molecule has 0 amide bonds. The molecule has 3 unspecified atom stereocenters. The summed E-state index contributed by atoms with van der Waals surface area (Å²) >= 11 is 0. The van der Waals surface area contributed by atoms with Gasteiger partial charge in [-0.1, -0.05) is 30.4 Å². The zero-order valence-corrected chi connectivity index (χ0v) is 22.2. The predicted octanol–water partition coefficient (Wildman–Crippen LogP) is 3.96. The van der Waals surface area contributed by atoms with Crippen molar-refractivity contribution < 1.29 is 46.6 Å². The van der Waals surface area contributed by atoms with Crippen LogP contribution in [0.1, 0.15) is 19.4 Å². The van der Waals surface area contributed by atoms with E-state index in [1.807, 2.05) is 0 Å². The minimum Gasteiger partial charge on any atom is -0.495 e. The van der Waals surface area contributed by atoms with Gasteiger partial charge in [-0.05, 0) is 25.5 Å². The molecule has 4 rings (SSSR count). The highest BCUT2D eigenvalue weighted by molar-refractivity contribution is 5.91. The maximum Gasteiger partial charge on any atom is 0.434 e. The number of carbonyl (C=O) groups is 1. The number of alkyl halides is 3. The lowest BCUT2D eigenvalue weighted by Crippen LogP contribution is -2.40. The van der Waals surface area contributed by atoms with Crippen molar-refractivity contribution in [3.05, 3.63) is 92.2 Å². The first-order chi connectivity index (χ1) is 19.6. The number of hydrogen-bond donors (Lipinski definition) is 1. The van der Waals surface area contributed by atoms with Crippen molar-refractivity contribution in [1.82, 2.24) is 5.32 Å². The summed E-state index contributed by atoms with van der Waals surface area (Å²) in [6.07, 6.45) is -1.09. The van der Waals surface area contributed by atoms with Crippen molar-refractivity contribution in [2.45, 2.75) is 32.5 Å². The maximum atomic E-state index is 14.1. The molecule has 3 aliphatic rings. The molecule has 218 valence electrons. The summed E-state index contributed by atoms with van der Waals surface area (Å²) in [6, 6.07) is 7.12. The number of benzene rings is 1. The number of esters is 1. The Bertz CT molecular complexity index is 1380. The number of para-hydroxylation sites is 1. The fraction of sp³-hybridized carbons (Fsp3) is 0.393. The average Bonchev–Trinajstić information content (AvgIpc) is 3.76. The molecule has 2 aliphatic heterocycles. The third kappa shape index (κ3) is 6.69. The SMILES string of the molecule is CCOC1=C(C(F)(F)F)NC(C)=C(C(=O)OCCc2ccccc2OCC2CO2)C1C1C=CC=C([N+](=O)[O-])C1=C=O. The summed E-state index contributed by atoms with van der Waals surface area (Å²) in [5, 5.41) is 13.8. The third-order valence-corrected chi connectivity index (χ3v) is 6.61. The third-order valence-electron chi connectivity index (χ3n) is 6.61. The van der Waals surface area contributed by atoms with Gasteiger partial charge in [0.15, 0.2) is 5.70 Å². The topological polar surface area (TPSA) is 130 Å². The minimum absolute atomic E-state index is 0.0329. The standard InChI is InChI=1S/C28H27F3N2O8/c1-3-38-25-24(19-8-6-9-21(33(36)37)20(19)13-34)23(16(2)32-26(25)28(29,30)31)27(35)39-12-11-17-7-4-5-10-22(17)41-15-18-14-40-18/h4-10,18-19,24,32H,3,11-12,14-15H2,1-2H3. The van der Waals surface area contributed by atoms with Crippen LogP contribution in [0.25, 0.3) is 0 Å². The van der Waals surface area contributed by atoms with Crippen LogP contribution in [0.2, 0.25) is 0 Å². The smallest absolute Gasteiger partial charge is 0.434 e. The number of nitro groups is 1. The Labute approximate surface area is 232 Å². The Hall–Kier alpha value is -4.35. The van der Waals surface area contributed by atoms with Gasteiger partial charge < -0.3 is 24.3 Å². The summed E-state index contributed by atoms with van der Waals surface area (Å²) in [5.74, 6) is -2.52. The van der Waals surface area contributed by atoms with Crippen molar-refractivity contribution >= 4 is 11.9 Å². The molecule has 1 aromatic rings. The maximum absolute atomic E-state index is 14.1. The summed E-state index contributed by atoms with van der Waals surface area (Å²) in [4.78, 5) is 36.1. The van der Waals surface area contributed by atoms with Gasteiger partial charge >= 0.3 is 12.1 Å². The first-order valence-electron chi connectivity index (χ1n) is 12.8. The molecule has 0 spiro atoms. The highest BCUT2D eigenvalue weighted by Crippen LogP contribution is 2.45. The summed E-state index contributed by atoms with van der Waals surface area (Å²) < 4.78 is 64.1.